The summed E-state index contributed by atoms with van der Waals surface area (Å²) in [6.45, 7) is 4.19. The molecule has 2 rings (SSSR count). The van der Waals surface area contributed by atoms with Gasteiger partial charge in [-0.3, -0.25) is 4.99 Å². The summed E-state index contributed by atoms with van der Waals surface area (Å²) in [6, 6.07) is 2.14. The van der Waals surface area contributed by atoms with Crippen LogP contribution in [-0.2, 0) is 6.54 Å². The van der Waals surface area contributed by atoms with Crippen molar-refractivity contribution in [2.75, 3.05) is 13.6 Å². The van der Waals surface area contributed by atoms with Gasteiger partial charge in [-0.2, -0.15) is 11.3 Å². The number of hydrogen-bond acceptors (Lipinski definition) is 2. The highest BCUT2D eigenvalue weighted by Gasteiger charge is 2.34. The van der Waals surface area contributed by atoms with E-state index in [1.54, 1.807) is 11.3 Å². The molecule has 0 atom stereocenters. The minimum Gasteiger partial charge on any atom is -0.356 e. The maximum atomic E-state index is 4.28. The van der Waals surface area contributed by atoms with Crippen LogP contribution in [0.3, 0.4) is 0 Å². The molecule has 0 aliphatic heterocycles. The number of halogens is 1. The van der Waals surface area contributed by atoms with Crippen LogP contribution in [0, 0.1) is 5.41 Å². The third-order valence-electron chi connectivity index (χ3n) is 4.06. The summed E-state index contributed by atoms with van der Waals surface area (Å²) in [5.74, 6) is 0.918. The van der Waals surface area contributed by atoms with Crippen LogP contribution in [0.5, 0.6) is 0 Å². The molecule has 1 aromatic rings. The Morgan fingerprint density at radius 3 is 2.68 bits per heavy atom. The minimum absolute atomic E-state index is 0. The molecule has 1 saturated carbocycles. The van der Waals surface area contributed by atoms with E-state index in [0.29, 0.717) is 5.41 Å². The number of hydrogen-bond donors (Lipinski definition) is 2. The summed E-state index contributed by atoms with van der Waals surface area (Å²) in [5.41, 5.74) is 1.84. The van der Waals surface area contributed by atoms with Crippen LogP contribution in [0.1, 0.15) is 38.2 Å². The van der Waals surface area contributed by atoms with E-state index in [-0.39, 0.29) is 24.0 Å². The van der Waals surface area contributed by atoms with E-state index in [1.165, 1.54) is 31.2 Å². The van der Waals surface area contributed by atoms with Gasteiger partial charge in [-0.25, -0.2) is 0 Å². The molecule has 0 saturated heterocycles. The van der Waals surface area contributed by atoms with Gasteiger partial charge in [-0.15, -0.1) is 24.0 Å². The summed E-state index contributed by atoms with van der Waals surface area (Å²) in [6.07, 6.45) is 5.37. The van der Waals surface area contributed by atoms with Crippen molar-refractivity contribution >= 4 is 41.3 Å². The SMILES string of the molecule is CCC1(CNC(=NC)NCc2ccsc2)CCC1.I. The molecule has 1 aromatic heterocycles. The topological polar surface area (TPSA) is 36.4 Å². The summed E-state index contributed by atoms with van der Waals surface area (Å²) >= 11 is 1.73. The van der Waals surface area contributed by atoms with Crippen molar-refractivity contribution in [3.63, 3.8) is 0 Å². The van der Waals surface area contributed by atoms with Gasteiger partial charge < -0.3 is 10.6 Å². The second-order valence-corrected chi connectivity index (χ2v) is 5.90. The van der Waals surface area contributed by atoms with Crippen molar-refractivity contribution < 1.29 is 0 Å². The molecule has 108 valence electrons. The van der Waals surface area contributed by atoms with Gasteiger partial charge in [0.05, 0.1) is 0 Å². The largest absolute Gasteiger partial charge is 0.356 e. The Balaban J connectivity index is 0.00000180. The highest BCUT2D eigenvalue weighted by atomic mass is 127. The van der Waals surface area contributed by atoms with Gasteiger partial charge in [0.1, 0.15) is 0 Å². The second kappa shape index (κ2) is 8.09. The van der Waals surface area contributed by atoms with Crippen molar-refractivity contribution in [1.29, 1.82) is 0 Å². The van der Waals surface area contributed by atoms with E-state index in [4.69, 9.17) is 0 Å². The smallest absolute Gasteiger partial charge is 0.191 e. The van der Waals surface area contributed by atoms with Gasteiger partial charge in [0.25, 0.3) is 0 Å². The normalized spacial score (nSPS) is 17.3. The van der Waals surface area contributed by atoms with Crippen molar-refractivity contribution in [2.45, 2.75) is 39.2 Å². The van der Waals surface area contributed by atoms with Gasteiger partial charge in [0, 0.05) is 20.1 Å². The number of rotatable bonds is 5. The number of aliphatic imine (C=N–C) groups is 1. The molecule has 2 N–H and O–H groups in total. The monoisotopic (exact) mass is 393 g/mol. The molecular formula is C14H24IN3S. The van der Waals surface area contributed by atoms with Gasteiger partial charge in [0.2, 0.25) is 0 Å². The Morgan fingerprint density at radius 1 is 1.42 bits per heavy atom. The van der Waals surface area contributed by atoms with Crippen molar-refractivity contribution in [2.24, 2.45) is 10.4 Å². The first-order valence-electron chi connectivity index (χ1n) is 6.73. The summed E-state index contributed by atoms with van der Waals surface area (Å²) in [4.78, 5) is 4.28. The molecule has 0 unspecified atom stereocenters. The molecule has 1 aliphatic carbocycles. The van der Waals surface area contributed by atoms with Gasteiger partial charge >= 0.3 is 0 Å². The molecule has 19 heavy (non-hydrogen) atoms. The molecule has 0 aromatic carbocycles. The van der Waals surface area contributed by atoms with E-state index < -0.39 is 0 Å². The molecular weight excluding hydrogens is 369 g/mol. The fourth-order valence-electron chi connectivity index (χ4n) is 2.40. The second-order valence-electron chi connectivity index (χ2n) is 5.12. The lowest BCUT2D eigenvalue weighted by atomic mass is 9.67. The van der Waals surface area contributed by atoms with Gasteiger partial charge in [-0.05, 0) is 47.1 Å². The van der Waals surface area contributed by atoms with Crippen molar-refractivity contribution in [3.05, 3.63) is 22.4 Å². The van der Waals surface area contributed by atoms with Crippen LogP contribution in [0.4, 0.5) is 0 Å². The molecule has 1 fully saturated rings. The predicted molar refractivity (Wildman–Crippen MR) is 94.5 cm³/mol. The van der Waals surface area contributed by atoms with Crippen LogP contribution in [0.15, 0.2) is 21.8 Å². The quantitative estimate of drug-likeness (QED) is 0.456. The van der Waals surface area contributed by atoms with E-state index in [2.05, 4.69) is 39.4 Å². The molecule has 0 amide bonds. The summed E-state index contributed by atoms with van der Waals surface area (Å²) < 4.78 is 0. The lowest BCUT2D eigenvalue weighted by Gasteiger charge is -2.41. The third-order valence-corrected chi connectivity index (χ3v) is 4.79. The number of nitrogens with zero attached hydrogens (tertiary/aromatic N) is 1. The number of nitrogens with one attached hydrogen (secondary N) is 2. The minimum atomic E-state index is 0. The van der Waals surface area contributed by atoms with Crippen LogP contribution < -0.4 is 10.6 Å². The summed E-state index contributed by atoms with van der Waals surface area (Å²) in [7, 11) is 1.84. The zero-order chi connectivity index (χ0) is 12.8. The lowest BCUT2D eigenvalue weighted by molar-refractivity contribution is 0.131. The zero-order valence-corrected chi connectivity index (χ0v) is 14.9. The van der Waals surface area contributed by atoms with E-state index >= 15 is 0 Å². The first-order chi connectivity index (χ1) is 8.78. The van der Waals surface area contributed by atoms with Crippen LogP contribution >= 0.6 is 35.3 Å². The standard InChI is InChI=1S/C14H23N3S.HI/c1-3-14(6-4-7-14)11-17-13(15-2)16-9-12-5-8-18-10-12;/h5,8,10H,3-4,6-7,9,11H2,1-2H3,(H2,15,16,17);1H. The van der Waals surface area contributed by atoms with E-state index in [1.807, 2.05) is 7.05 Å². The van der Waals surface area contributed by atoms with Crippen molar-refractivity contribution in [3.8, 4) is 0 Å². The zero-order valence-electron chi connectivity index (χ0n) is 11.7. The highest BCUT2D eigenvalue weighted by Crippen LogP contribution is 2.42. The number of guanidine groups is 1. The van der Waals surface area contributed by atoms with E-state index in [9.17, 15) is 0 Å². The van der Waals surface area contributed by atoms with Crippen molar-refractivity contribution in [1.82, 2.24) is 10.6 Å². The molecule has 3 nitrogen and oxygen atoms in total. The Morgan fingerprint density at radius 2 is 2.21 bits per heavy atom. The average Bonchev–Trinajstić information content (AvgIpc) is 2.85. The van der Waals surface area contributed by atoms with Gasteiger partial charge in [0.15, 0.2) is 5.96 Å². The molecule has 0 bridgehead atoms. The Bertz CT molecular complexity index is 380. The fourth-order valence-corrected chi connectivity index (χ4v) is 3.07. The Hall–Kier alpha value is -0.300. The fraction of sp³-hybridized carbons (Fsp3) is 0.643. The van der Waals surface area contributed by atoms with Crippen LogP contribution in [-0.4, -0.2) is 19.6 Å². The first kappa shape index (κ1) is 16.8. The predicted octanol–water partition coefficient (Wildman–Crippen LogP) is 3.61. The molecule has 1 heterocycles. The van der Waals surface area contributed by atoms with Crippen LogP contribution in [0.2, 0.25) is 0 Å². The first-order valence-corrected chi connectivity index (χ1v) is 7.68. The van der Waals surface area contributed by atoms with E-state index in [0.717, 1.165) is 19.0 Å². The number of thiophene rings is 1. The van der Waals surface area contributed by atoms with Crippen LogP contribution in [0.25, 0.3) is 0 Å². The average molecular weight is 393 g/mol. The molecule has 1 aliphatic rings. The van der Waals surface area contributed by atoms with Gasteiger partial charge in [-0.1, -0.05) is 13.3 Å². The molecule has 5 heteroatoms. The maximum Gasteiger partial charge on any atom is 0.191 e. The summed E-state index contributed by atoms with van der Waals surface area (Å²) in [5, 5.41) is 11.1. The Labute approximate surface area is 137 Å². The highest BCUT2D eigenvalue weighted by molar-refractivity contribution is 14.0. The Kier molecular flexibility index (Phi) is 7.13. The maximum absolute atomic E-state index is 4.28. The third kappa shape index (κ3) is 4.63. The molecule has 0 radical (unpaired) electrons. The lowest BCUT2D eigenvalue weighted by Crippen LogP contribution is -2.45. The molecule has 0 spiro atoms.